The molecule has 3 rings (SSSR count). The lowest BCUT2D eigenvalue weighted by atomic mass is 9.97. The topological polar surface area (TPSA) is 80.1 Å². The highest BCUT2D eigenvalue weighted by Crippen LogP contribution is 2.26. The maximum atomic E-state index is 12.6. The Morgan fingerprint density at radius 2 is 2.28 bits per heavy atom. The molecule has 2 atom stereocenters. The molecule has 1 N–H and O–H groups in total. The molecule has 8 heteroatoms. The van der Waals surface area contributed by atoms with Crippen LogP contribution in [0.25, 0.3) is 0 Å². The Labute approximate surface area is 149 Å². The first kappa shape index (κ1) is 17.6. The van der Waals surface area contributed by atoms with Crippen molar-refractivity contribution in [3.8, 4) is 0 Å². The Morgan fingerprint density at radius 1 is 1.44 bits per heavy atom. The van der Waals surface area contributed by atoms with Crippen molar-refractivity contribution in [2.45, 2.75) is 37.1 Å². The summed E-state index contributed by atoms with van der Waals surface area (Å²) in [4.78, 5) is 15.1. The Kier molecular flexibility index (Phi) is 5.47. The molecule has 0 spiro atoms. The quantitative estimate of drug-likeness (QED) is 0.907. The van der Waals surface area contributed by atoms with E-state index in [-0.39, 0.29) is 11.9 Å². The summed E-state index contributed by atoms with van der Waals surface area (Å²) in [6.45, 7) is 4.24. The molecule has 1 aromatic heterocycles. The second-order valence-electron chi connectivity index (χ2n) is 6.17. The van der Waals surface area contributed by atoms with Crippen molar-refractivity contribution < 1.29 is 9.00 Å². The van der Waals surface area contributed by atoms with Gasteiger partial charge in [0.05, 0.1) is 0 Å². The van der Waals surface area contributed by atoms with Gasteiger partial charge in [0, 0.05) is 53.2 Å². The predicted molar refractivity (Wildman–Crippen MR) is 97.0 cm³/mol. The summed E-state index contributed by atoms with van der Waals surface area (Å²) >= 11 is 0. The zero-order chi connectivity index (χ0) is 17.8. The fourth-order valence-corrected chi connectivity index (χ4v) is 3.71. The molecule has 1 aromatic carbocycles. The number of nitrogens with zero attached hydrogens (tertiary/aromatic N) is 4. The lowest BCUT2D eigenvalue weighted by Crippen LogP contribution is -2.42. The molecule has 25 heavy (non-hydrogen) atoms. The van der Waals surface area contributed by atoms with Gasteiger partial charge in [0.25, 0.3) is 0 Å². The number of carbonyl (C=O) groups is 1. The smallest absolute Gasteiger partial charge is 0.321 e. The maximum Gasteiger partial charge on any atom is 0.321 e. The molecular formula is C17H23N5O2S. The van der Waals surface area contributed by atoms with Gasteiger partial charge in [0.15, 0.2) is 0 Å². The third-order valence-electron chi connectivity index (χ3n) is 4.48. The Morgan fingerprint density at radius 3 is 3.04 bits per heavy atom. The first-order chi connectivity index (χ1) is 12.1. The molecule has 134 valence electrons. The van der Waals surface area contributed by atoms with Gasteiger partial charge in [-0.1, -0.05) is 6.07 Å². The van der Waals surface area contributed by atoms with Gasteiger partial charge < -0.3 is 14.8 Å². The molecule has 0 unspecified atom stereocenters. The lowest BCUT2D eigenvalue weighted by molar-refractivity contribution is 0.190. The van der Waals surface area contributed by atoms with Gasteiger partial charge in [-0.15, -0.1) is 10.2 Å². The van der Waals surface area contributed by atoms with Crippen LogP contribution >= 0.6 is 0 Å². The van der Waals surface area contributed by atoms with Crippen LogP contribution in [0.4, 0.5) is 10.5 Å². The summed E-state index contributed by atoms with van der Waals surface area (Å²) in [5, 5.41) is 11.1. The summed E-state index contributed by atoms with van der Waals surface area (Å²) in [5.74, 6) is 1.15. The van der Waals surface area contributed by atoms with Crippen molar-refractivity contribution >= 4 is 22.5 Å². The number of nitrogens with one attached hydrogen (secondary N) is 1. The van der Waals surface area contributed by atoms with Crippen molar-refractivity contribution in [1.82, 2.24) is 19.7 Å². The van der Waals surface area contributed by atoms with Crippen molar-refractivity contribution in [2.75, 3.05) is 24.7 Å². The fourth-order valence-electron chi connectivity index (χ4n) is 3.15. The molecule has 2 amide bonds. The summed E-state index contributed by atoms with van der Waals surface area (Å²) in [6.07, 6.45) is 5.31. The molecule has 0 radical (unpaired) electrons. The first-order valence-corrected chi connectivity index (χ1v) is 10.0. The Hall–Kier alpha value is -2.22. The van der Waals surface area contributed by atoms with Gasteiger partial charge >= 0.3 is 6.03 Å². The number of likely N-dealkylation sites (tertiary alicyclic amines) is 1. The average molecular weight is 361 g/mol. The predicted octanol–water partition coefficient (Wildman–Crippen LogP) is 2.45. The number of benzene rings is 1. The fraction of sp³-hybridized carbons (Fsp3) is 0.471. The van der Waals surface area contributed by atoms with Crippen LogP contribution < -0.4 is 5.32 Å². The molecule has 0 saturated carbocycles. The summed E-state index contributed by atoms with van der Waals surface area (Å²) in [5.41, 5.74) is 0.663. The summed E-state index contributed by atoms with van der Waals surface area (Å²) in [7, 11) is -1.07. The normalized spacial score (nSPS) is 18.8. The van der Waals surface area contributed by atoms with Crippen LogP contribution in [0.5, 0.6) is 0 Å². The Bertz CT molecular complexity index is 776. The third-order valence-corrected chi connectivity index (χ3v) is 5.39. The molecule has 2 heterocycles. The molecule has 2 aromatic rings. The number of hydrogen-bond acceptors (Lipinski definition) is 4. The highest BCUT2D eigenvalue weighted by Gasteiger charge is 2.27. The van der Waals surface area contributed by atoms with Crippen LogP contribution in [0.1, 0.15) is 31.5 Å². The molecule has 0 aliphatic carbocycles. The van der Waals surface area contributed by atoms with Gasteiger partial charge in [-0.3, -0.25) is 4.21 Å². The monoisotopic (exact) mass is 361 g/mol. The van der Waals surface area contributed by atoms with Gasteiger partial charge in [-0.25, -0.2) is 4.79 Å². The summed E-state index contributed by atoms with van der Waals surface area (Å²) in [6, 6.07) is 7.02. The number of piperidine rings is 1. The van der Waals surface area contributed by atoms with Gasteiger partial charge in [0.2, 0.25) is 0 Å². The van der Waals surface area contributed by atoms with E-state index >= 15 is 0 Å². The molecule has 0 bridgehead atoms. The van der Waals surface area contributed by atoms with Crippen molar-refractivity contribution in [2.24, 2.45) is 0 Å². The zero-order valence-electron chi connectivity index (χ0n) is 14.5. The van der Waals surface area contributed by atoms with Crippen molar-refractivity contribution in [3.05, 3.63) is 36.4 Å². The molecule has 1 saturated heterocycles. The average Bonchev–Trinajstić information content (AvgIpc) is 3.11. The number of aromatic nitrogens is 3. The van der Waals surface area contributed by atoms with Gasteiger partial charge in [0.1, 0.15) is 12.2 Å². The summed E-state index contributed by atoms with van der Waals surface area (Å²) < 4.78 is 13.6. The van der Waals surface area contributed by atoms with Crippen LogP contribution in [-0.2, 0) is 17.3 Å². The van der Waals surface area contributed by atoms with Gasteiger partial charge in [-0.2, -0.15) is 0 Å². The minimum atomic E-state index is -1.07. The van der Waals surface area contributed by atoms with E-state index in [1.165, 1.54) is 0 Å². The first-order valence-electron chi connectivity index (χ1n) is 8.45. The van der Waals surface area contributed by atoms with Crippen LogP contribution in [0.2, 0.25) is 0 Å². The van der Waals surface area contributed by atoms with Crippen LogP contribution in [0.15, 0.2) is 35.5 Å². The SMILES string of the molecule is CCn1cnnc1[C@@H]1CCCN(C(=O)Nc2cccc([S@@](C)=O)c2)C1. The largest absolute Gasteiger partial charge is 0.324 e. The number of urea groups is 1. The molecule has 1 aliphatic heterocycles. The second kappa shape index (κ2) is 7.77. The molecular weight excluding hydrogens is 338 g/mol. The number of carbonyl (C=O) groups excluding carboxylic acids is 1. The van der Waals surface area contributed by atoms with E-state index in [0.29, 0.717) is 17.1 Å². The second-order valence-corrected chi connectivity index (χ2v) is 7.55. The van der Waals surface area contributed by atoms with E-state index in [1.54, 1.807) is 30.8 Å². The van der Waals surface area contributed by atoms with Gasteiger partial charge in [-0.05, 0) is 38.0 Å². The van der Waals surface area contributed by atoms with Crippen LogP contribution in [-0.4, -0.2) is 49.2 Å². The third kappa shape index (κ3) is 4.07. The van der Waals surface area contributed by atoms with E-state index in [0.717, 1.165) is 31.8 Å². The van der Waals surface area contributed by atoms with Crippen LogP contribution in [0.3, 0.4) is 0 Å². The van der Waals surface area contributed by atoms with Crippen molar-refractivity contribution in [1.29, 1.82) is 0 Å². The maximum absolute atomic E-state index is 12.6. The van der Waals surface area contributed by atoms with E-state index in [9.17, 15) is 9.00 Å². The molecule has 7 nitrogen and oxygen atoms in total. The van der Waals surface area contributed by atoms with E-state index in [1.807, 2.05) is 15.5 Å². The molecule has 1 fully saturated rings. The standard InChI is InChI=1S/C17H23N5O2S/c1-3-21-12-18-20-16(21)13-6-5-9-22(11-13)17(23)19-14-7-4-8-15(10-14)25(2)24/h4,7-8,10,12-13H,3,5-6,9,11H2,1-2H3,(H,19,23)/t13-,25-/m1/s1. The number of hydrogen-bond donors (Lipinski definition) is 1. The van der Waals surface area contributed by atoms with E-state index in [4.69, 9.17) is 0 Å². The molecule has 1 aliphatic rings. The highest BCUT2D eigenvalue weighted by atomic mass is 32.2. The minimum Gasteiger partial charge on any atom is -0.324 e. The number of anilines is 1. The number of aryl methyl sites for hydroxylation is 1. The zero-order valence-corrected chi connectivity index (χ0v) is 15.3. The highest BCUT2D eigenvalue weighted by molar-refractivity contribution is 7.84. The minimum absolute atomic E-state index is 0.133. The van der Waals surface area contributed by atoms with E-state index < -0.39 is 10.8 Å². The number of rotatable bonds is 4. The van der Waals surface area contributed by atoms with Crippen LogP contribution in [0, 0.1) is 0 Å². The Balaban J connectivity index is 1.68. The van der Waals surface area contributed by atoms with E-state index in [2.05, 4.69) is 22.4 Å². The number of amides is 2. The van der Waals surface area contributed by atoms with Crippen molar-refractivity contribution in [3.63, 3.8) is 0 Å². The lowest BCUT2D eigenvalue weighted by Gasteiger charge is -2.32.